The average molecular weight is 307 g/mol. The summed E-state index contributed by atoms with van der Waals surface area (Å²) in [4.78, 5) is 6.75. The third kappa shape index (κ3) is 3.68. The highest BCUT2D eigenvalue weighted by atomic mass is 32.1. The van der Waals surface area contributed by atoms with E-state index >= 15 is 0 Å². The third-order valence-corrected chi connectivity index (χ3v) is 6.56. The molecule has 3 rings (SSSR count). The lowest BCUT2D eigenvalue weighted by Crippen LogP contribution is -2.25. The highest BCUT2D eigenvalue weighted by Gasteiger charge is 2.28. The van der Waals surface area contributed by atoms with E-state index in [1.54, 1.807) is 4.88 Å². The molecule has 0 saturated heterocycles. The normalized spacial score (nSPS) is 29.3. The van der Waals surface area contributed by atoms with Crippen LogP contribution in [-0.4, -0.2) is 18.1 Å². The summed E-state index contributed by atoms with van der Waals surface area (Å²) in [6.07, 6.45) is 10.7. The van der Waals surface area contributed by atoms with Crippen LogP contribution in [0.25, 0.3) is 0 Å². The minimum absolute atomic E-state index is 0.674. The lowest BCUT2D eigenvalue weighted by Gasteiger charge is -2.24. The van der Waals surface area contributed by atoms with E-state index in [1.807, 2.05) is 11.3 Å². The topological polar surface area (TPSA) is 24.9 Å². The van der Waals surface area contributed by atoms with Gasteiger partial charge in [0.2, 0.25) is 0 Å². The van der Waals surface area contributed by atoms with E-state index in [0.29, 0.717) is 5.92 Å². The van der Waals surface area contributed by atoms with Gasteiger partial charge in [-0.15, -0.1) is 11.3 Å². The highest BCUT2D eigenvalue weighted by molar-refractivity contribution is 7.11. The second-order valence-electron chi connectivity index (χ2n) is 7.11. The molecule has 0 bridgehead atoms. The molecule has 2 aliphatic carbocycles. The zero-order valence-corrected chi connectivity index (χ0v) is 14.5. The van der Waals surface area contributed by atoms with Gasteiger partial charge in [-0.1, -0.05) is 26.7 Å². The molecular formula is C18H30N2S. The van der Waals surface area contributed by atoms with Crippen LogP contribution in [0.4, 0.5) is 0 Å². The molecule has 21 heavy (non-hydrogen) atoms. The number of hydrogen-bond acceptors (Lipinski definition) is 3. The van der Waals surface area contributed by atoms with E-state index in [-0.39, 0.29) is 0 Å². The molecule has 1 heterocycles. The third-order valence-electron chi connectivity index (χ3n) is 5.27. The lowest BCUT2D eigenvalue weighted by atomic mass is 9.83. The van der Waals surface area contributed by atoms with Gasteiger partial charge in [0, 0.05) is 23.3 Å². The van der Waals surface area contributed by atoms with Crippen LogP contribution in [0.2, 0.25) is 0 Å². The van der Waals surface area contributed by atoms with E-state index in [4.69, 9.17) is 4.98 Å². The predicted molar refractivity (Wildman–Crippen MR) is 91.3 cm³/mol. The molecule has 3 heteroatoms. The Morgan fingerprint density at radius 1 is 1.19 bits per heavy atom. The van der Waals surface area contributed by atoms with Crippen molar-refractivity contribution in [1.82, 2.24) is 10.3 Å². The maximum absolute atomic E-state index is 5.14. The van der Waals surface area contributed by atoms with E-state index in [9.17, 15) is 0 Å². The standard InChI is InChI=1S/C18H30N2S/c1-3-11-19-12-15-5-4-6-16-17(15)20-18(21-16)14-9-7-13(2)8-10-14/h13-15,19H,3-12H2,1-2H3. The van der Waals surface area contributed by atoms with Crippen molar-refractivity contribution in [2.24, 2.45) is 5.92 Å². The minimum Gasteiger partial charge on any atom is -0.316 e. The molecule has 1 aromatic rings. The molecule has 0 radical (unpaired) electrons. The molecule has 2 aliphatic rings. The monoisotopic (exact) mass is 306 g/mol. The largest absolute Gasteiger partial charge is 0.316 e. The summed E-state index contributed by atoms with van der Waals surface area (Å²) < 4.78 is 0. The molecule has 1 N–H and O–H groups in total. The van der Waals surface area contributed by atoms with Gasteiger partial charge in [0.1, 0.15) is 0 Å². The molecule has 2 nitrogen and oxygen atoms in total. The van der Waals surface area contributed by atoms with Crippen molar-refractivity contribution in [2.45, 2.75) is 77.0 Å². The fourth-order valence-corrected chi connectivity index (χ4v) is 5.22. The summed E-state index contributed by atoms with van der Waals surface area (Å²) in [7, 11) is 0. The molecule has 0 aromatic carbocycles. The lowest BCUT2D eigenvalue weighted by molar-refractivity contribution is 0.347. The number of thiazole rings is 1. The van der Waals surface area contributed by atoms with E-state index in [2.05, 4.69) is 19.2 Å². The maximum Gasteiger partial charge on any atom is 0.0962 e. The number of aromatic nitrogens is 1. The van der Waals surface area contributed by atoms with Crippen LogP contribution >= 0.6 is 11.3 Å². The van der Waals surface area contributed by atoms with Crippen molar-refractivity contribution in [3.05, 3.63) is 15.6 Å². The second-order valence-corrected chi connectivity index (χ2v) is 8.23. The molecule has 1 unspecified atom stereocenters. The molecule has 1 atom stereocenters. The van der Waals surface area contributed by atoms with Gasteiger partial charge in [0.15, 0.2) is 0 Å². The van der Waals surface area contributed by atoms with Crippen molar-refractivity contribution in [3.8, 4) is 0 Å². The van der Waals surface area contributed by atoms with Crippen LogP contribution in [0.5, 0.6) is 0 Å². The van der Waals surface area contributed by atoms with Crippen LogP contribution in [0.3, 0.4) is 0 Å². The summed E-state index contributed by atoms with van der Waals surface area (Å²) >= 11 is 2.05. The molecule has 0 spiro atoms. The van der Waals surface area contributed by atoms with Gasteiger partial charge >= 0.3 is 0 Å². The first-order valence-corrected chi connectivity index (χ1v) is 9.79. The average Bonchev–Trinajstić information content (AvgIpc) is 2.93. The van der Waals surface area contributed by atoms with Gasteiger partial charge in [0.05, 0.1) is 10.7 Å². The summed E-state index contributed by atoms with van der Waals surface area (Å²) in [6, 6.07) is 0. The molecule has 1 aromatic heterocycles. The fourth-order valence-electron chi connectivity index (χ4n) is 3.86. The Morgan fingerprint density at radius 3 is 2.76 bits per heavy atom. The molecular weight excluding hydrogens is 276 g/mol. The van der Waals surface area contributed by atoms with Gasteiger partial charge < -0.3 is 5.32 Å². The van der Waals surface area contributed by atoms with Crippen LogP contribution in [-0.2, 0) is 6.42 Å². The first kappa shape index (κ1) is 15.5. The van der Waals surface area contributed by atoms with E-state index in [1.165, 1.54) is 62.1 Å². The van der Waals surface area contributed by atoms with Crippen molar-refractivity contribution in [3.63, 3.8) is 0 Å². The van der Waals surface area contributed by atoms with Crippen molar-refractivity contribution in [1.29, 1.82) is 0 Å². The van der Waals surface area contributed by atoms with Crippen LogP contribution in [0.1, 0.15) is 86.2 Å². The van der Waals surface area contributed by atoms with Crippen LogP contribution in [0, 0.1) is 5.92 Å². The second kappa shape index (κ2) is 7.23. The fraction of sp³-hybridized carbons (Fsp3) is 0.833. The number of rotatable bonds is 5. The smallest absolute Gasteiger partial charge is 0.0962 e. The first-order chi connectivity index (χ1) is 10.3. The quantitative estimate of drug-likeness (QED) is 0.786. The SMILES string of the molecule is CCCNCC1CCCc2sc(C3CCC(C)CC3)nc21. The summed E-state index contributed by atoms with van der Waals surface area (Å²) in [6.45, 7) is 6.91. The van der Waals surface area contributed by atoms with Crippen molar-refractivity contribution in [2.75, 3.05) is 13.1 Å². The maximum atomic E-state index is 5.14. The number of nitrogens with zero attached hydrogens (tertiary/aromatic N) is 1. The molecule has 1 saturated carbocycles. The predicted octanol–water partition coefficient (Wildman–Crippen LogP) is 4.86. The Balaban J connectivity index is 1.68. The number of fused-ring (bicyclic) bond motifs is 1. The Hall–Kier alpha value is -0.410. The Morgan fingerprint density at radius 2 is 2.00 bits per heavy atom. The molecule has 0 amide bonds. The number of nitrogens with one attached hydrogen (secondary N) is 1. The molecule has 0 aliphatic heterocycles. The Bertz CT molecular complexity index is 446. The number of hydrogen-bond donors (Lipinski definition) is 1. The Kier molecular flexibility index (Phi) is 5.33. The van der Waals surface area contributed by atoms with Gasteiger partial charge in [-0.25, -0.2) is 4.98 Å². The highest BCUT2D eigenvalue weighted by Crippen LogP contribution is 2.41. The summed E-state index contributed by atoms with van der Waals surface area (Å²) in [5.74, 6) is 2.37. The first-order valence-electron chi connectivity index (χ1n) is 8.98. The van der Waals surface area contributed by atoms with Crippen LogP contribution in [0.15, 0.2) is 0 Å². The molecule has 118 valence electrons. The van der Waals surface area contributed by atoms with Crippen molar-refractivity contribution >= 4 is 11.3 Å². The van der Waals surface area contributed by atoms with E-state index in [0.717, 1.165) is 24.9 Å². The van der Waals surface area contributed by atoms with Gasteiger partial charge in [-0.05, 0) is 51.0 Å². The Labute approximate surface area is 133 Å². The summed E-state index contributed by atoms with van der Waals surface area (Å²) in [5.41, 5.74) is 1.46. The zero-order chi connectivity index (χ0) is 14.7. The van der Waals surface area contributed by atoms with Gasteiger partial charge in [-0.3, -0.25) is 0 Å². The minimum atomic E-state index is 0.674. The summed E-state index contributed by atoms with van der Waals surface area (Å²) in [5, 5.41) is 5.07. The zero-order valence-electron chi connectivity index (χ0n) is 13.7. The van der Waals surface area contributed by atoms with Crippen molar-refractivity contribution < 1.29 is 0 Å². The molecule has 1 fully saturated rings. The number of aryl methyl sites for hydroxylation is 1. The van der Waals surface area contributed by atoms with Crippen LogP contribution < -0.4 is 5.32 Å². The van der Waals surface area contributed by atoms with Gasteiger partial charge in [0.25, 0.3) is 0 Å². The van der Waals surface area contributed by atoms with E-state index < -0.39 is 0 Å². The van der Waals surface area contributed by atoms with Gasteiger partial charge in [-0.2, -0.15) is 0 Å².